The van der Waals surface area contributed by atoms with Gasteiger partial charge in [0.1, 0.15) is 10.8 Å². The summed E-state index contributed by atoms with van der Waals surface area (Å²) in [5.74, 6) is 0.836. The Morgan fingerprint density at radius 3 is 2.61 bits per heavy atom. The van der Waals surface area contributed by atoms with E-state index in [-0.39, 0.29) is 0 Å². The Hall–Kier alpha value is -1.86. The molecular weight excluding hydrogens is 244 g/mol. The second-order valence-corrected chi connectivity index (χ2v) is 4.89. The number of aromatic nitrogens is 1. The lowest BCUT2D eigenvalue weighted by Crippen LogP contribution is -1.86. The van der Waals surface area contributed by atoms with Gasteiger partial charge in [-0.25, -0.2) is 4.98 Å². The summed E-state index contributed by atoms with van der Waals surface area (Å²) >= 11 is 1.60. The second kappa shape index (κ2) is 5.65. The van der Waals surface area contributed by atoms with E-state index in [1.807, 2.05) is 24.3 Å². The summed E-state index contributed by atoms with van der Waals surface area (Å²) in [5, 5.41) is 9.77. The molecule has 1 aromatic carbocycles. The number of hydrogen-bond acceptors (Lipinski definition) is 4. The van der Waals surface area contributed by atoms with Crippen molar-refractivity contribution in [3.8, 4) is 22.4 Å². The normalized spacial score (nSPS) is 10.1. The third kappa shape index (κ3) is 2.52. The summed E-state index contributed by atoms with van der Waals surface area (Å²) in [6.45, 7) is 2.06. The van der Waals surface area contributed by atoms with Gasteiger partial charge >= 0.3 is 0 Å². The van der Waals surface area contributed by atoms with Gasteiger partial charge in [0.05, 0.1) is 25.3 Å². The Labute approximate surface area is 111 Å². The molecule has 0 spiro atoms. The molecule has 0 amide bonds. The third-order valence-corrected chi connectivity index (χ3v) is 3.84. The van der Waals surface area contributed by atoms with Crippen LogP contribution < -0.4 is 4.74 Å². The van der Waals surface area contributed by atoms with E-state index in [4.69, 9.17) is 10.00 Å². The van der Waals surface area contributed by atoms with Crippen molar-refractivity contribution in [2.45, 2.75) is 19.8 Å². The van der Waals surface area contributed by atoms with Crippen molar-refractivity contribution < 1.29 is 4.74 Å². The number of thiazole rings is 1. The van der Waals surface area contributed by atoms with E-state index in [0.717, 1.165) is 33.3 Å². The molecule has 4 heteroatoms. The molecule has 0 radical (unpaired) electrons. The lowest BCUT2D eigenvalue weighted by Gasteiger charge is -2.00. The van der Waals surface area contributed by atoms with E-state index < -0.39 is 0 Å². The van der Waals surface area contributed by atoms with E-state index in [9.17, 15) is 0 Å². The van der Waals surface area contributed by atoms with Gasteiger partial charge in [-0.1, -0.05) is 6.92 Å². The lowest BCUT2D eigenvalue weighted by atomic mass is 10.2. The molecule has 2 rings (SSSR count). The molecule has 1 heterocycles. The maximum absolute atomic E-state index is 8.80. The Balaban J connectivity index is 2.35. The van der Waals surface area contributed by atoms with Gasteiger partial charge < -0.3 is 4.74 Å². The minimum absolute atomic E-state index is 0.441. The van der Waals surface area contributed by atoms with Crippen molar-refractivity contribution >= 4 is 11.3 Å². The first-order valence-corrected chi connectivity index (χ1v) is 6.60. The first-order valence-electron chi connectivity index (χ1n) is 5.78. The molecule has 0 saturated carbocycles. The standard InChI is InChI=1S/C14H14N2OS/c1-3-12-13(8-9-15)18-14(16-12)10-4-6-11(17-2)7-5-10/h4-7H,3,8H2,1-2H3. The summed E-state index contributed by atoms with van der Waals surface area (Å²) in [5.41, 5.74) is 2.10. The molecule has 92 valence electrons. The Bertz CT molecular complexity index is 566. The minimum atomic E-state index is 0.441. The monoisotopic (exact) mass is 258 g/mol. The summed E-state index contributed by atoms with van der Waals surface area (Å²) in [6, 6.07) is 10.0. The van der Waals surface area contributed by atoms with E-state index in [1.165, 1.54) is 0 Å². The van der Waals surface area contributed by atoms with Crippen LogP contribution in [0.25, 0.3) is 10.6 Å². The van der Waals surface area contributed by atoms with Crippen LogP contribution in [0.4, 0.5) is 0 Å². The molecule has 1 aromatic heterocycles. The molecule has 0 aliphatic carbocycles. The van der Waals surface area contributed by atoms with Crippen LogP contribution in [0.2, 0.25) is 0 Å². The zero-order chi connectivity index (χ0) is 13.0. The number of rotatable bonds is 4. The van der Waals surface area contributed by atoms with Crippen molar-refractivity contribution in [2.75, 3.05) is 7.11 Å². The highest BCUT2D eigenvalue weighted by Crippen LogP contribution is 2.29. The van der Waals surface area contributed by atoms with Gasteiger partial charge in [-0.2, -0.15) is 5.26 Å². The number of methoxy groups -OCH3 is 1. The van der Waals surface area contributed by atoms with E-state index in [1.54, 1.807) is 18.4 Å². The first-order chi connectivity index (χ1) is 8.78. The summed E-state index contributed by atoms with van der Waals surface area (Å²) < 4.78 is 5.13. The maximum Gasteiger partial charge on any atom is 0.123 e. The molecule has 18 heavy (non-hydrogen) atoms. The Kier molecular flexibility index (Phi) is 3.96. The SMILES string of the molecule is CCc1nc(-c2ccc(OC)cc2)sc1CC#N. The van der Waals surface area contributed by atoms with Crippen molar-refractivity contribution in [1.82, 2.24) is 4.98 Å². The zero-order valence-corrected chi connectivity index (χ0v) is 11.3. The molecule has 0 fully saturated rings. The molecule has 0 aliphatic rings. The average Bonchev–Trinajstić information content (AvgIpc) is 2.82. The highest BCUT2D eigenvalue weighted by Gasteiger charge is 2.10. The van der Waals surface area contributed by atoms with E-state index in [0.29, 0.717) is 6.42 Å². The summed E-state index contributed by atoms with van der Waals surface area (Å²) in [7, 11) is 1.65. The first kappa shape index (κ1) is 12.6. The second-order valence-electron chi connectivity index (χ2n) is 3.81. The molecular formula is C14H14N2OS. The quantitative estimate of drug-likeness (QED) is 0.843. The van der Waals surface area contributed by atoms with Crippen LogP contribution in [0.5, 0.6) is 5.75 Å². The Morgan fingerprint density at radius 1 is 1.33 bits per heavy atom. The van der Waals surface area contributed by atoms with Gasteiger partial charge in [0, 0.05) is 10.4 Å². The number of aryl methyl sites for hydroxylation is 1. The molecule has 0 unspecified atom stereocenters. The molecule has 2 aromatic rings. The highest BCUT2D eigenvalue weighted by molar-refractivity contribution is 7.15. The van der Waals surface area contributed by atoms with Gasteiger partial charge in [0.15, 0.2) is 0 Å². The van der Waals surface area contributed by atoms with E-state index >= 15 is 0 Å². The molecule has 0 bridgehead atoms. The number of nitriles is 1. The van der Waals surface area contributed by atoms with Gasteiger partial charge in [-0.3, -0.25) is 0 Å². The van der Waals surface area contributed by atoms with Crippen LogP contribution in [-0.2, 0) is 12.8 Å². The summed E-state index contributed by atoms with van der Waals surface area (Å²) in [4.78, 5) is 5.67. The smallest absolute Gasteiger partial charge is 0.123 e. The van der Waals surface area contributed by atoms with Crippen molar-refractivity contribution in [3.05, 3.63) is 34.8 Å². The molecule has 0 atom stereocenters. The maximum atomic E-state index is 8.80. The molecule has 0 saturated heterocycles. The van der Waals surface area contributed by atoms with Crippen molar-refractivity contribution in [3.63, 3.8) is 0 Å². The van der Waals surface area contributed by atoms with Crippen molar-refractivity contribution in [1.29, 1.82) is 5.26 Å². The fraction of sp³-hybridized carbons (Fsp3) is 0.286. The number of hydrogen-bond donors (Lipinski definition) is 0. The van der Waals surface area contributed by atoms with Gasteiger partial charge in [0.2, 0.25) is 0 Å². The average molecular weight is 258 g/mol. The van der Waals surface area contributed by atoms with Crippen LogP contribution in [-0.4, -0.2) is 12.1 Å². The highest BCUT2D eigenvalue weighted by atomic mass is 32.1. The van der Waals surface area contributed by atoms with Crippen LogP contribution in [0.1, 0.15) is 17.5 Å². The van der Waals surface area contributed by atoms with Crippen molar-refractivity contribution in [2.24, 2.45) is 0 Å². The predicted molar refractivity (Wildman–Crippen MR) is 72.8 cm³/mol. The van der Waals surface area contributed by atoms with Gasteiger partial charge in [0.25, 0.3) is 0 Å². The molecule has 0 N–H and O–H groups in total. The zero-order valence-electron chi connectivity index (χ0n) is 10.4. The topological polar surface area (TPSA) is 45.9 Å². The van der Waals surface area contributed by atoms with Crippen LogP contribution in [0, 0.1) is 11.3 Å². The fourth-order valence-electron chi connectivity index (χ4n) is 1.73. The van der Waals surface area contributed by atoms with Crippen LogP contribution in [0.3, 0.4) is 0 Å². The number of ether oxygens (including phenoxy) is 1. The Morgan fingerprint density at radius 2 is 2.06 bits per heavy atom. The van der Waals surface area contributed by atoms with Gasteiger partial charge in [-0.15, -0.1) is 11.3 Å². The number of benzene rings is 1. The summed E-state index contributed by atoms with van der Waals surface area (Å²) in [6.07, 6.45) is 1.31. The lowest BCUT2D eigenvalue weighted by molar-refractivity contribution is 0.415. The predicted octanol–water partition coefficient (Wildman–Crippen LogP) is 3.45. The largest absolute Gasteiger partial charge is 0.497 e. The van der Waals surface area contributed by atoms with E-state index in [2.05, 4.69) is 18.0 Å². The third-order valence-electron chi connectivity index (χ3n) is 2.69. The molecule has 3 nitrogen and oxygen atoms in total. The minimum Gasteiger partial charge on any atom is -0.497 e. The number of nitrogens with zero attached hydrogens (tertiary/aromatic N) is 2. The van der Waals surface area contributed by atoms with Gasteiger partial charge in [-0.05, 0) is 30.7 Å². The van der Waals surface area contributed by atoms with Crippen LogP contribution >= 0.6 is 11.3 Å². The fourth-order valence-corrected chi connectivity index (χ4v) is 2.81. The van der Waals surface area contributed by atoms with Crippen LogP contribution in [0.15, 0.2) is 24.3 Å². The molecule has 0 aliphatic heterocycles.